The lowest BCUT2D eigenvalue weighted by atomic mass is 9.87. The summed E-state index contributed by atoms with van der Waals surface area (Å²) in [5, 5.41) is 0. The third kappa shape index (κ3) is 2.98. The molecule has 0 heteroatoms. The van der Waals surface area contributed by atoms with Crippen molar-refractivity contribution in [1.29, 1.82) is 0 Å². The van der Waals surface area contributed by atoms with E-state index in [2.05, 4.69) is 52.5 Å². The molecule has 0 bridgehead atoms. The highest BCUT2D eigenvalue weighted by Crippen LogP contribution is 2.24. The Morgan fingerprint density at radius 1 is 1.38 bits per heavy atom. The second kappa shape index (κ2) is 5.89. The maximum Gasteiger partial charge on any atom is 0 e. The first kappa shape index (κ1) is 13.0. The molecule has 0 aromatic heterocycles. The normalized spacial score (nSPS) is 12.5. The molecular formula is C16H26. The van der Waals surface area contributed by atoms with Crippen molar-refractivity contribution in [2.45, 2.75) is 47.0 Å². The second-order valence-corrected chi connectivity index (χ2v) is 4.72. The van der Waals surface area contributed by atoms with Crippen LogP contribution in [-0.4, -0.2) is 0 Å². The van der Waals surface area contributed by atoms with Crippen LogP contribution in [-0.2, 0) is 12.8 Å². The van der Waals surface area contributed by atoms with E-state index >= 15 is 0 Å². The number of allylic oxidation sites excluding steroid dienone is 1. The van der Waals surface area contributed by atoms with Crippen LogP contribution in [0.1, 0.15) is 45.3 Å². The van der Waals surface area contributed by atoms with Crippen molar-refractivity contribution in [1.82, 2.24) is 0 Å². The monoisotopic (exact) mass is 218 g/mol. The van der Waals surface area contributed by atoms with E-state index in [1.54, 1.807) is 5.56 Å². The Labute approximate surface area is 102 Å². The molecule has 0 unspecified atom stereocenters. The zero-order chi connectivity index (χ0) is 12.1. The number of hydrogen-bond acceptors (Lipinski definition) is 0. The lowest BCUT2D eigenvalue weighted by molar-refractivity contribution is 0.586. The van der Waals surface area contributed by atoms with Crippen LogP contribution in [0.2, 0.25) is 0 Å². The van der Waals surface area contributed by atoms with E-state index in [1.807, 2.05) is 0 Å². The van der Waals surface area contributed by atoms with Crippen LogP contribution < -0.4 is 0 Å². The molecule has 16 heavy (non-hydrogen) atoms. The van der Waals surface area contributed by atoms with Gasteiger partial charge in [-0.15, -0.1) is 0 Å². The molecule has 0 N–H and O–H groups in total. The molecule has 1 aromatic rings. The maximum atomic E-state index is 4.11. The standard InChI is InChI=1S/C16H24.H2/c1-6-14-10-8-9-13(5)16(14)11-15(7-2)12(3)4;/h8-10,15H,3,6-7,11H2,1-2,4-5H3;1H/t15-;/m1./s1. The molecule has 0 amide bonds. The molecule has 0 aliphatic rings. The van der Waals surface area contributed by atoms with Gasteiger partial charge in [0.15, 0.2) is 0 Å². The fourth-order valence-corrected chi connectivity index (χ4v) is 2.30. The van der Waals surface area contributed by atoms with Crippen LogP contribution in [0.25, 0.3) is 0 Å². The van der Waals surface area contributed by atoms with Crippen molar-refractivity contribution < 1.29 is 1.43 Å². The smallest absolute Gasteiger partial charge is 0 e. The second-order valence-electron chi connectivity index (χ2n) is 4.72. The summed E-state index contributed by atoms with van der Waals surface area (Å²) in [6.45, 7) is 13.0. The van der Waals surface area contributed by atoms with Gasteiger partial charge < -0.3 is 0 Å². The van der Waals surface area contributed by atoms with Crippen molar-refractivity contribution in [2.75, 3.05) is 0 Å². The summed E-state index contributed by atoms with van der Waals surface area (Å²) < 4.78 is 0. The number of aryl methyl sites for hydroxylation is 2. The van der Waals surface area contributed by atoms with Gasteiger partial charge in [-0.3, -0.25) is 0 Å². The number of hydrogen-bond donors (Lipinski definition) is 0. The molecule has 0 spiro atoms. The number of rotatable bonds is 5. The van der Waals surface area contributed by atoms with E-state index in [-0.39, 0.29) is 1.43 Å². The van der Waals surface area contributed by atoms with Crippen LogP contribution in [0.15, 0.2) is 30.4 Å². The third-order valence-electron chi connectivity index (χ3n) is 3.53. The molecule has 0 radical (unpaired) electrons. The maximum absolute atomic E-state index is 4.11. The molecule has 1 aromatic carbocycles. The summed E-state index contributed by atoms with van der Waals surface area (Å²) in [6, 6.07) is 6.65. The first-order chi connectivity index (χ1) is 7.60. The summed E-state index contributed by atoms with van der Waals surface area (Å²) in [5.74, 6) is 0.631. The zero-order valence-electron chi connectivity index (χ0n) is 11.1. The van der Waals surface area contributed by atoms with Crippen LogP contribution in [0.3, 0.4) is 0 Å². The fraction of sp³-hybridized carbons (Fsp3) is 0.500. The molecule has 1 rings (SSSR count). The Balaban J connectivity index is 0.00000256. The minimum Gasteiger partial charge on any atom is -0.0998 e. The molecule has 0 nitrogen and oxygen atoms in total. The zero-order valence-corrected chi connectivity index (χ0v) is 11.1. The molecule has 1 atom stereocenters. The van der Waals surface area contributed by atoms with Crippen LogP contribution in [0.4, 0.5) is 0 Å². The Kier molecular flexibility index (Phi) is 4.79. The van der Waals surface area contributed by atoms with Gasteiger partial charge in [-0.05, 0) is 55.7 Å². The van der Waals surface area contributed by atoms with Crippen molar-refractivity contribution in [3.05, 3.63) is 47.0 Å². The predicted octanol–water partition coefficient (Wildman–Crippen LogP) is 4.95. The first-order valence-corrected chi connectivity index (χ1v) is 6.32. The molecular weight excluding hydrogens is 192 g/mol. The van der Waals surface area contributed by atoms with Gasteiger partial charge in [-0.1, -0.05) is 44.2 Å². The lowest BCUT2D eigenvalue weighted by Crippen LogP contribution is -2.07. The first-order valence-electron chi connectivity index (χ1n) is 6.32. The average molecular weight is 218 g/mol. The quantitative estimate of drug-likeness (QED) is 0.613. The minimum atomic E-state index is 0. The van der Waals surface area contributed by atoms with Crippen LogP contribution in [0.5, 0.6) is 0 Å². The molecule has 0 heterocycles. The van der Waals surface area contributed by atoms with Gasteiger partial charge in [-0.25, -0.2) is 0 Å². The minimum absolute atomic E-state index is 0. The van der Waals surface area contributed by atoms with Crippen molar-refractivity contribution in [3.63, 3.8) is 0 Å². The van der Waals surface area contributed by atoms with Gasteiger partial charge in [0.2, 0.25) is 0 Å². The topological polar surface area (TPSA) is 0 Å². The van der Waals surface area contributed by atoms with E-state index < -0.39 is 0 Å². The molecule has 0 aliphatic heterocycles. The van der Waals surface area contributed by atoms with Gasteiger partial charge in [0.05, 0.1) is 0 Å². The Hall–Kier alpha value is -1.04. The van der Waals surface area contributed by atoms with Gasteiger partial charge >= 0.3 is 0 Å². The SMILES string of the molecule is C=C(C)[C@H](CC)Cc1c(C)cccc1CC.[HH]. The Morgan fingerprint density at radius 2 is 2.06 bits per heavy atom. The molecule has 0 fully saturated rings. The average Bonchev–Trinajstić information content (AvgIpc) is 2.26. The van der Waals surface area contributed by atoms with E-state index in [9.17, 15) is 0 Å². The summed E-state index contributed by atoms with van der Waals surface area (Å²) >= 11 is 0. The van der Waals surface area contributed by atoms with Crippen LogP contribution >= 0.6 is 0 Å². The predicted molar refractivity (Wildman–Crippen MR) is 75.0 cm³/mol. The third-order valence-corrected chi connectivity index (χ3v) is 3.53. The summed E-state index contributed by atoms with van der Waals surface area (Å²) in [4.78, 5) is 0. The fourth-order valence-electron chi connectivity index (χ4n) is 2.30. The Bertz CT molecular complexity index is 366. The van der Waals surface area contributed by atoms with E-state index in [0.717, 1.165) is 12.8 Å². The van der Waals surface area contributed by atoms with Gasteiger partial charge in [0.25, 0.3) is 0 Å². The summed E-state index contributed by atoms with van der Waals surface area (Å²) in [6.07, 6.45) is 3.47. The highest BCUT2D eigenvalue weighted by atomic mass is 14.2. The molecule has 0 aliphatic carbocycles. The Morgan fingerprint density at radius 3 is 2.56 bits per heavy atom. The van der Waals surface area contributed by atoms with E-state index in [1.165, 1.54) is 23.1 Å². The largest absolute Gasteiger partial charge is 0.0998 e. The summed E-state index contributed by atoms with van der Waals surface area (Å²) in [5.41, 5.74) is 5.78. The van der Waals surface area contributed by atoms with Crippen molar-refractivity contribution in [2.24, 2.45) is 5.92 Å². The highest BCUT2D eigenvalue weighted by Gasteiger charge is 2.12. The van der Waals surface area contributed by atoms with Crippen LogP contribution in [0, 0.1) is 12.8 Å². The number of benzene rings is 1. The van der Waals surface area contributed by atoms with Crippen molar-refractivity contribution in [3.8, 4) is 0 Å². The lowest BCUT2D eigenvalue weighted by Gasteiger charge is -2.19. The highest BCUT2D eigenvalue weighted by molar-refractivity contribution is 5.35. The van der Waals surface area contributed by atoms with Gasteiger partial charge in [-0.2, -0.15) is 0 Å². The summed E-state index contributed by atoms with van der Waals surface area (Å²) in [7, 11) is 0. The van der Waals surface area contributed by atoms with Gasteiger partial charge in [0.1, 0.15) is 0 Å². The van der Waals surface area contributed by atoms with Gasteiger partial charge in [0, 0.05) is 1.43 Å². The van der Waals surface area contributed by atoms with Crippen molar-refractivity contribution >= 4 is 0 Å². The van der Waals surface area contributed by atoms with E-state index in [0.29, 0.717) is 5.92 Å². The molecule has 90 valence electrons. The molecule has 0 saturated carbocycles. The molecule has 0 saturated heterocycles. The van der Waals surface area contributed by atoms with E-state index in [4.69, 9.17) is 0 Å².